The Balaban J connectivity index is 2.37. The molecule has 0 radical (unpaired) electrons. The van der Waals surface area contributed by atoms with Gasteiger partial charge in [-0.15, -0.1) is 0 Å². The normalized spacial score (nSPS) is 12.4. The van der Waals surface area contributed by atoms with E-state index in [1.54, 1.807) is 6.92 Å². The van der Waals surface area contributed by atoms with E-state index in [0.29, 0.717) is 11.7 Å². The first-order valence-electron chi connectivity index (χ1n) is 5.49. The van der Waals surface area contributed by atoms with Gasteiger partial charge in [0, 0.05) is 5.56 Å². The average molecular weight is 230 g/mol. The SMILES string of the molecule is CC(=O)C(C)c1nc(-c2ccccc2C)no1. The second-order valence-electron chi connectivity index (χ2n) is 4.10. The predicted octanol–water partition coefficient (Wildman–Crippen LogP) is 2.74. The summed E-state index contributed by atoms with van der Waals surface area (Å²) in [5.74, 6) is 0.576. The van der Waals surface area contributed by atoms with Gasteiger partial charge >= 0.3 is 0 Å². The molecule has 0 aliphatic heterocycles. The number of ketones is 1. The van der Waals surface area contributed by atoms with Gasteiger partial charge < -0.3 is 4.52 Å². The summed E-state index contributed by atoms with van der Waals surface area (Å²) in [4.78, 5) is 15.5. The number of carbonyl (C=O) groups is 1. The van der Waals surface area contributed by atoms with Crippen LogP contribution in [0.25, 0.3) is 11.4 Å². The first-order valence-corrected chi connectivity index (χ1v) is 5.49. The second kappa shape index (κ2) is 4.49. The van der Waals surface area contributed by atoms with Crippen LogP contribution in [0.15, 0.2) is 28.8 Å². The highest BCUT2D eigenvalue weighted by Gasteiger charge is 2.19. The first-order chi connectivity index (χ1) is 8.09. The molecule has 0 spiro atoms. The molecule has 1 heterocycles. The van der Waals surface area contributed by atoms with Crippen molar-refractivity contribution in [3.8, 4) is 11.4 Å². The Hall–Kier alpha value is -1.97. The summed E-state index contributed by atoms with van der Waals surface area (Å²) in [6.45, 7) is 5.26. The molecule has 2 aromatic rings. The topological polar surface area (TPSA) is 56.0 Å². The molecule has 0 fully saturated rings. The maximum Gasteiger partial charge on any atom is 0.237 e. The lowest BCUT2D eigenvalue weighted by molar-refractivity contribution is -0.118. The molecule has 0 bridgehead atoms. The molecule has 0 N–H and O–H groups in total. The fraction of sp³-hybridized carbons (Fsp3) is 0.308. The number of rotatable bonds is 3. The summed E-state index contributed by atoms with van der Waals surface area (Å²) in [6, 6.07) is 7.80. The van der Waals surface area contributed by atoms with Crippen molar-refractivity contribution in [1.29, 1.82) is 0 Å². The van der Waals surface area contributed by atoms with Crippen LogP contribution in [0, 0.1) is 6.92 Å². The largest absolute Gasteiger partial charge is 0.338 e. The minimum atomic E-state index is -0.347. The van der Waals surface area contributed by atoms with Gasteiger partial charge in [-0.3, -0.25) is 4.79 Å². The standard InChI is InChI=1S/C13H14N2O2/c1-8-6-4-5-7-11(8)12-14-13(17-15-12)9(2)10(3)16/h4-7,9H,1-3H3. The summed E-state index contributed by atoms with van der Waals surface area (Å²) < 4.78 is 5.12. The summed E-state index contributed by atoms with van der Waals surface area (Å²) >= 11 is 0. The van der Waals surface area contributed by atoms with E-state index in [0.717, 1.165) is 11.1 Å². The van der Waals surface area contributed by atoms with Crippen molar-refractivity contribution in [3.05, 3.63) is 35.7 Å². The first kappa shape index (κ1) is 11.5. The van der Waals surface area contributed by atoms with Gasteiger partial charge in [-0.1, -0.05) is 29.4 Å². The molecular weight excluding hydrogens is 216 g/mol. The summed E-state index contributed by atoms with van der Waals surface area (Å²) in [7, 11) is 0. The highest BCUT2D eigenvalue weighted by atomic mass is 16.5. The zero-order valence-electron chi connectivity index (χ0n) is 10.1. The predicted molar refractivity (Wildman–Crippen MR) is 63.6 cm³/mol. The maximum absolute atomic E-state index is 11.2. The number of Topliss-reactive ketones (excluding diaryl/α,β-unsaturated/α-hetero) is 1. The zero-order chi connectivity index (χ0) is 12.4. The lowest BCUT2D eigenvalue weighted by atomic mass is 10.1. The van der Waals surface area contributed by atoms with Crippen LogP contribution in [0.2, 0.25) is 0 Å². The molecule has 0 saturated heterocycles. The zero-order valence-corrected chi connectivity index (χ0v) is 10.1. The van der Waals surface area contributed by atoms with Gasteiger partial charge in [-0.2, -0.15) is 4.98 Å². The molecular formula is C13H14N2O2. The molecule has 1 aromatic carbocycles. The van der Waals surface area contributed by atoms with E-state index in [9.17, 15) is 4.79 Å². The minimum absolute atomic E-state index is 0.0185. The van der Waals surface area contributed by atoms with Crippen molar-refractivity contribution in [3.63, 3.8) is 0 Å². The van der Waals surface area contributed by atoms with Crippen molar-refractivity contribution < 1.29 is 9.32 Å². The molecule has 1 aromatic heterocycles. The highest BCUT2D eigenvalue weighted by molar-refractivity contribution is 5.81. The van der Waals surface area contributed by atoms with E-state index < -0.39 is 0 Å². The smallest absolute Gasteiger partial charge is 0.237 e. The molecule has 2 rings (SSSR count). The van der Waals surface area contributed by atoms with Crippen molar-refractivity contribution in [2.75, 3.05) is 0 Å². The number of carbonyl (C=O) groups excluding carboxylic acids is 1. The number of aromatic nitrogens is 2. The maximum atomic E-state index is 11.2. The van der Waals surface area contributed by atoms with Gasteiger partial charge in [-0.05, 0) is 26.3 Å². The van der Waals surface area contributed by atoms with Crippen LogP contribution in [0.5, 0.6) is 0 Å². The Morgan fingerprint density at radius 2 is 2.06 bits per heavy atom. The van der Waals surface area contributed by atoms with Crippen LogP contribution in [0.1, 0.15) is 31.2 Å². The summed E-state index contributed by atoms with van der Waals surface area (Å²) in [5.41, 5.74) is 2.01. The Kier molecular flexibility index (Phi) is 3.04. The van der Waals surface area contributed by atoms with E-state index in [1.807, 2.05) is 31.2 Å². The van der Waals surface area contributed by atoms with Crippen LogP contribution in [-0.4, -0.2) is 15.9 Å². The Morgan fingerprint density at radius 1 is 1.35 bits per heavy atom. The van der Waals surface area contributed by atoms with Crippen LogP contribution in [0.3, 0.4) is 0 Å². The number of hydrogen-bond donors (Lipinski definition) is 0. The number of benzene rings is 1. The molecule has 1 atom stereocenters. The quantitative estimate of drug-likeness (QED) is 0.813. The third-order valence-corrected chi connectivity index (χ3v) is 2.81. The van der Waals surface area contributed by atoms with Gasteiger partial charge in [-0.25, -0.2) is 0 Å². The van der Waals surface area contributed by atoms with E-state index >= 15 is 0 Å². The third kappa shape index (κ3) is 2.25. The molecule has 0 saturated carbocycles. The molecule has 4 heteroatoms. The van der Waals surface area contributed by atoms with Gasteiger partial charge in [0.15, 0.2) is 0 Å². The van der Waals surface area contributed by atoms with E-state index in [1.165, 1.54) is 6.92 Å². The van der Waals surface area contributed by atoms with Gasteiger partial charge in [0.1, 0.15) is 5.78 Å². The van der Waals surface area contributed by atoms with Crippen molar-refractivity contribution in [2.45, 2.75) is 26.7 Å². The van der Waals surface area contributed by atoms with Crippen molar-refractivity contribution in [1.82, 2.24) is 10.1 Å². The molecule has 0 aliphatic carbocycles. The summed E-state index contributed by atoms with van der Waals surface area (Å²) in [5, 5.41) is 3.91. The lowest BCUT2D eigenvalue weighted by Gasteiger charge is -1.99. The molecule has 0 aliphatic rings. The van der Waals surface area contributed by atoms with E-state index in [2.05, 4.69) is 10.1 Å². The number of nitrogens with zero attached hydrogens (tertiary/aromatic N) is 2. The Labute approximate surface area is 99.7 Å². The highest BCUT2D eigenvalue weighted by Crippen LogP contribution is 2.22. The molecule has 17 heavy (non-hydrogen) atoms. The summed E-state index contributed by atoms with van der Waals surface area (Å²) in [6.07, 6.45) is 0. The van der Waals surface area contributed by atoms with Crippen LogP contribution < -0.4 is 0 Å². The monoisotopic (exact) mass is 230 g/mol. The fourth-order valence-corrected chi connectivity index (χ4v) is 1.52. The lowest BCUT2D eigenvalue weighted by Crippen LogP contribution is -2.04. The van der Waals surface area contributed by atoms with Gasteiger partial charge in [0.25, 0.3) is 0 Å². The molecule has 88 valence electrons. The number of hydrogen-bond acceptors (Lipinski definition) is 4. The molecule has 0 amide bonds. The van der Waals surface area contributed by atoms with E-state index in [4.69, 9.17) is 4.52 Å². The number of aryl methyl sites for hydroxylation is 1. The van der Waals surface area contributed by atoms with Crippen molar-refractivity contribution in [2.24, 2.45) is 0 Å². The minimum Gasteiger partial charge on any atom is -0.338 e. The Morgan fingerprint density at radius 3 is 2.71 bits per heavy atom. The molecule has 1 unspecified atom stereocenters. The van der Waals surface area contributed by atoms with Crippen LogP contribution in [-0.2, 0) is 4.79 Å². The second-order valence-corrected chi connectivity index (χ2v) is 4.10. The van der Waals surface area contributed by atoms with Crippen LogP contribution >= 0.6 is 0 Å². The molecule has 4 nitrogen and oxygen atoms in total. The van der Waals surface area contributed by atoms with Gasteiger partial charge in [0.2, 0.25) is 11.7 Å². The average Bonchev–Trinajstić information content (AvgIpc) is 2.77. The van der Waals surface area contributed by atoms with Crippen molar-refractivity contribution >= 4 is 5.78 Å². The van der Waals surface area contributed by atoms with Gasteiger partial charge in [0.05, 0.1) is 5.92 Å². The van der Waals surface area contributed by atoms with E-state index in [-0.39, 0.29) is 11.7 Å². The van der Waals surface area contributed by atoms with Crippen LogP contribution in [0.4, 0.5) is 0 Å². The third-order valence-electron chi connectivity index (χ3n) is 2.81. The fourth-order valence-electron chi connectivity index (χ4n) is 1.52. The Bertz CT molecular complexity index is 546.